The lowest BCUT2D eigenvalue weighted by Gasteiger charge is -2.44. The number of esters is 1. The van der Waals surface area contributed by atoms with Crippen molar-refractivity contribution in [3.05, 3.63) is 0 Å². The molecule has 21 heavy (non-hydrogen) atoms. The van der Waals surface area contributed by atoms with Crippen molar-refractivity contribution < 1.29 is 9.53 Å². The van der Waals surface area contributed by atoms with Crippen molar-refractivity contribution in [2.24, 2.45) is 5.92 Å². The highest BCUT2D eigenvalue weighted by Crippen LogP contribution is 2.35. The van der Waals surface area contributed by atoms with Crippen LogP contribution < -0.4 is 5.32 Å². The van der Waals surface area contributed by atoms with Gasteiger partial charge in [0.2, 0.25) is 0 Å². The van der Waals surface area contributed by atoms with E-state index < -0.39 is 0 Å². The van der Waals surface area contributed by atoms with Gasteiger partial charge in [0.25, 0.3) is 0 Å². The predicted molar refractivity (Wildman–Crippen MR) is 83.1 cm³/mol. The zero-order chi connectivity index (χ0) is 14.7. The van der Waals surface area contributed by atoms with Crippen LogP contribution >= 0.6 is 0 Å². The third kappa shape index (κ3) is 3.98. The van der Waals surface area contributed by atoms with Crippen LogP contribution in [0.15, 0.2) is 0 Å². The topological polar surface area (TPSA) is 41.6 Å². The van der Waals surface area contributed by atoms with Crippen molar-refractivity contribution >= 4 is 5.97 Å². The number of methoxy groups -OCH3 is 1. The van der Waals surface area contributed by atoms with Crippen LogP contribution in [0.3, 0.4) is 0 Å². The van der Waals surface area contributed by atoms with Crippen LogP contribution in [0, 0.1) is 5.92 Å². The van der Waals surface area contributed by atoms with Crippen molar-refractivity contribution in [2.45, 2.75) is 75.9 Å². The number of rotatable bonds is 6. The molecular formula is C17H30N2O2. The van der Waals surface area contributed by atoms with Crippen molar-refractivity contribution in [3.63, 3.8) is 0 Å². The number of piperidine rings is 1. The smallest absolute Gasteiger partial charge is 0.322 e. The minimum atomic E-state index is -0.105. The predicted octanol–water partition coefficient (Wildman–Crippen LogP) is 2.32. The number of nitrogens with one attached hydrogen (secondary N) is 1. The molecule has 3 unspecified atom stereocenters. The van der Waals surface area contributed by atoms with Gasteiger partial charge in [0.1, 0.15) is 6.04 Å². The Morgan fingerprint density at radius 3 is 2.71 bits per heavy atom. The molecule has 3 atom stereocenters. The third-order valence-corrected chi connectivity index (χ3v) is 5.56. The summed E-state index contributed by atoms with van der Waals surface area (Å²) in [4.78, 5) is 14.6. The normalized spacial score (nSPS) is 31.5. The molecule has 0 aromatic heterocycles. The molecular weight excluding hydrogens is 264 g/mol. The van der Waals surface area contributed by atoms with E-state index in [1.807, 2.05) is 0 Å². The van der Waals surface area contributed by atoms with Crippen LogP contribution in [0.2, 0.25) is 0 Å². The highest BCUT2D eigenvalue weighted by atomic mass is 16.5. The minimum Gasteiger partial charge on any atom is -0.468 e. The van der Waals surface area contributed by atoms with Gasteiger partial charge in [-0.15, -0.1) is 0 Å². The summed E-state index contributed by atoms with van der Waals surface area (Å²) in [6.07, 6.45) is 11.7. The maximum Gasteiger partial charge on any atom is 0.322 e. The summed E-state index contributed by atoms with van der Waals surface area (Å²) in [5.41, 5.74) is 0. The fourth-order valence-corrected chi connectivity index (χ4v) is 4.25. The van der Waals surface area contributed by atoms with E-state index in [4.69, 9.17) is 4.74 Å². The first-order valence-electron chi connectivity index (χ1n) is 8.86. The summed E-state index contributed by atoms with van der Waals surface area (Å²) in [5.74, 6) is 0.833. The van der Waals surface area contributed by atoms with Crippen molar-refractivity contribution in [1.29, 1.82) is 0 Å². The van der Waals surface area contributed by atoms with Gasteiger partial charge in [0, 0.05) is 18.6 Å². The monoisotopic (exact) mass is 294 g/mol. The summed E-state index contributed by atoms with van der Waals surface area (Å²) < 4.78 is 4.97. The van der Waals surface area contributed by atoms with Crippen LogP contribution in [0.4, 0.5) is 0 Å². The van der Waals surface area contributed by atoms with E-state index in [1.54, 1.807) is 0 Å². The Bertz CT molecular complexity index is 355. The zero-order valence-electron chi connectivity index (χ0n) is 13.4. The second-order valence-corrected chi connectivity index (χ2v) is 7.10. The molecule has 4 heteroatoms. The lowest BCUT2D eigenvalue weighted by Crippen LogP contribution is -2.49. The average molecular weight is 294 g/mol. The lowest BCUT2D eigenvalue weighted by molar-refractivity contribution is -0.143. The molecule has 0 aromatic rings. The molecule has 4 nitrogen and oxygen atoms in total. The summed E-state index contributed by atoms with van der Waals surface area (Å²) >= 11 is 0. The molecule has 0 aromatic carbocycles. The number of carbonyl (C=O) groups excluding carboxylic acids is 1. The van der Waals surface area contributed by atoms with E-state index in [0.717, 1.165) is 24.9 Å². The Labute approximate surface area is 128 Å². The maximum absolute atomic E-state index is 11.9. The van der Waals surface area contributed by atoms with Gasteiger partial charge >= 0.3 is 5.97 Å². The van der Waals surface area contributed by atoms with E-state index >= 15 is 0 Å². The first-order valence-corrected chi connectivity index (χ1v) is 8.86. The van der Waals surface area contributed by atoms with Crippen LogP contribution in [-0.4, -0.2) is 49.2 Å². The molecule has 0 bridgehead atoms. The minimum absolute atomic E-state index is 0.0842. The molecule has 3 aliphatic rings. The molecule has 120 valence electrons. The van der Waals surface area contributed by atoms with Crippen LogP contribution in [0.5, 0.6) is 0 Å². The van der Waals surface area contributed by atoms with Crippen LogP contribution in [-0.2, 0) is 9.53 Å². The Kier molecular flexibility index (Phi) is 5.17. The molecule has 1 aliphatic heterocycles. The molecule has 2 saturated carbocycles. The van der Waals surface area contributed by atoms with E-state index in [-0.39, 0.29) is 12.0 Å². The molecule has 1 saturated heterocycles. The van der Waals surface area contributed by atoms with Crippen molar-refractivity contribution in [2.75, 3.05) is 20.2 Å². The molecule has 0 amide bonds. The highest BCUT2D eigenvalue weighted by Gasteiger charge is 2.34. The molecule has 3 fully saturated rings. The third-order valence-electron chi connectivity index (χ3n) is 5.56. The van der Waals surface area contributed by atoms with E-state index in [1.165, 1.54) is 65.0 Å². The van der Waals surface area contributed by atoms with Gasteiger partial charge < -0.3 is 15.0 Å². The Hall–Kier alpha value is -0.610. The molecule has 0 spiro atoms. The fourth-order valence-electron chi connectivity index (χ4n) is 4.25. The zero-order valence-corrected chi connectivity index (χ0v) is 13.4. The number of ether oxygens (including phenoxy) is 1. The summed E-state index contributed by atoms with van der Waals surface area (Å²) in [5, 5.41) is 3.45. The SMILES string of the molecule is COC(=O)C(CCN1CCCC2CCCCC21)NC1CC1. The molecule has 1 heterocycles. The van der Waals surface area contributed by atoms with Gasteiger partial charge in [-0.05, 0) is 57.4 Å². The second-order valence-electron chi connectivity index (χ2n) is 7.10. The fraction of sp³-hybridized carbons (Fsp3) is 0.941. The molecule has 0 radical (unpaired) electrons. The number of carbonyl (C=O) groups is 1. The van der Waals surface area contributed by atoms with Gasteiger partial charge in [-0.25, -0.2) is 0 Å². The summed E-state index contributed by atoms with van der Waals surface area (Å²) in [6.45, 7) is 2.26. The van der Waals surface area contributed by atoms with E-state index in [0.29, 0.717) is 6.04 Å². The van der Waals surface area contributed by atoms with Gasteiger partial charge in [-0.2, -0.15) is 0 Å². The number of nitrogens with zero attached hydrogens (tertiary/aromatic N) is 1. The largest absolute Gasteiger partial charge is 0.468 e. The molecule has 3 rings (SSSR count). The van der Waals surface area contributed by atoms with Crippen molar-refractivity contribution in [3.8, 4) is 0 Å². The Morgan fingerprint density at radius 2 is 1.95 bits per heavy atom. The number of hydrogen-bond donors (Lipinski definition) is 1. The van der Waals surface area contributed by atoms with E-state index in [2.05, 4.69) is 10.2 Å². The first kappa shape index (κ1) is 15.3. The number of fused-ring (bicyclic) bond motifs is 1. The quantitative estimate of drug-likeness (QED) is 0.763. The Balaban J connectivity index is 1.52. The second kappa shape index (κ2) is 7.10. The van der Waals surface area contributed by atoms with Gasteiger partial charge in [-0.3, -0.25) is 4.79 Å². The summed E-state index contributed by atoms with van der Waals surface area (Å²) in [6, 6.07) is 1.23. The standard InChI is InChI=1S/C17H30N2O2/c1-21-17(20)15(18-14-8-9-14)10-12-19-11-4-6-13-5-2-3-7-16(13)19/h13-16,18H,2-12H2,1H3. The van der Waals surface area contributed by atoms with Gasteiger partial charge in [0.15, 0.2) is 0 Å². The lowest BCUT2D eigenvalue weighted by atomic mass is 9.78. The number of likely N-dealkylation sites (tertiary alicyclic amines) is 1. The average Bonchev–Trinajstić information content (AvgIpc) is 3.34. The van der Waals surface area contributed by atoms with E-state index in [9.17, 15) is 4.79 Å². The summed E-state index contributed by atoms with van der Waals surface area (Å²) in [7, 11) is 1.50. The van der Waals surface area contributed by atoms with Crippen molar-refractivity contribution in [1.82, 2.24) is 10.2 Å². The first-order chi connectivity index (χ1) is 10.3. The van der Waals surface area contributed by atoms with Gasteiger partial charge in [0.05, 0.1) is 7.11 Å². The molecule has 1 N–H and O–H groups in total. The maximum atomic E-state index is 11.9. The Morgan fingerprint density at radius 1 is 1.19 bits per heavy atom. The van der Waals surface area contributed by atoms with Crippen LogP contribution in [0.1, 0.15) is 57.8 Å². The van der Waals surface area contributed by atoms with Crippen LogP contribution in [0.25, 0.3) is 0 Å². The van der Waals surface area contributed by atoms with Gasteiger partial charge in [-0.1, -0.05) is 12.8 Å². The molecule has 2 aliphatic carbocycles. The number of hydrogen-bond acceptors (Lipinski definition) is 4. The highest BCUT2D eigenvalue weighted by molar-refractivity contribution is 5.75.